The van der Waals surface area contributed by atoms with E-state index < -0.39 is 29.7 Å². The molecule has 0 aromatic carbocycles. The van der Waals surface area contributed by atoms with Crippen molar-refractivity contribution in [1.29, 1.82) is 0 Å². The van der Waals surface area contributed by atoms with E-state index >= 15 is 0 Å². The molecule has 1 aromatic heterocycles. The number of methoxy groups -OCH3 is 1. The third kappa shape index (κ3) is 3.43. The Balaban J connectivity index is 2.15. The highest BCUT2D eigenvalue weighted by molar-refractivity contribution is 7.12. The minimum absolute atomic E-state index is 0.197. The third-order valence-electron chi connectivity index (χ3n) is 5.44. The Morgan fingerprint density at radius 1 is 1.25 bits per heavy atom. The van der Waals surface area contributed by atoms with Crippen molar-refractivity contribution in [2.45, 2.75) is 40.0 Å². The van der Waals surface area contributed by atoms with E-state index in [4.69, 9.17) is 9.47 Å². The molecule has 1 saturated carbocycles. The van der Waals surface area contributed by atoms with E-state index in [1.54, 1.807) is 25.2 Å². The number of aryl methyl sites for hydroxylation is 1. The number of ether oxygens (including phenoxy) is 2. The molecule has 0 bridgehead atoms. The van der Waals surface area contributed by atoms with Crippen LogP contribution in [0.3, 0.4) is 0 Å². The Labute approximate surface area is 168 Å². The normalized spacial score (nSPS) is 27.2. The Morgan fingerprint density at radius 3 is 2.54 bits per heavy atom. The van der Waals surface area contributed by atoms with Crippen LogP contribution in [0.2, 0.25) is 0 Å². The van der Waals surface area contributed by atoms with Gasteiger partial charge in [0.05, 0.1) is 25.2 Å². The summed E-state index contributed by atoms with van der Waals surface area (Å²) in [4.78, 5) is 45.1. The lowest BCUT2D eigenvalue weighted by Crippen LogP contribution is -2.48. The van der Waals surface area contributed by atoms with Gasteiger partial charge in [-0.2, -0.15) is 0 Å². The van der Waals surface area contributed by atoms with Crippen LogP contribution in [0.4, 0.5) is 0 Å². The lowest BCUT2D eigenvalue weighted by molar-refractivity contribution is -0.152. The first-order valence-corrected chi connectivity index (χ1v) is 10.2. The molecule has 1 aliphatic heterocycles. The highest BCUT2D eigenvalue weighted by Crippen LogP contribution is 2.47. The zero-order valence-corrected chi connectivity index (χ0v) is 17.6. The molecule has 1 aliphatic carbocycles. The predicted octanol–water partition coefficient (Wildman–Crippen LogP) is 3.45. The number of rotatable bonds is 4. The molecule has 0 N–H and O–H groups in total. The number of Topliss-reactive ketones (excluding diaryl/α,β-unsaturated/α-hetero) is 1. The summed E-state index contributed by atoms with van der Waals surface area (Å²) in [6.07, 6.45) is 0.518. The molecule has 0 amide bonds. The lowest BCUT2D eigenvalue weighted by atomic mass is 9.65. The van der Waals surface area contributed by atoms with Gasteiger partial charge in [-0.15, -0.1) is 11.3 Å². The fourth-order valence-corrected chi connectivity index (χ4v) is 5.26. The second-order valence-corrected chi connectivity index (χ2v) is 8.63. The van der Waals surface area contributed by atoms with E-state index in [0.29, 0.717) is 17.7 Å². The maximum Gasteiger partial charge on any atom is 0.336 e. The topological polar surface area (TPSA) is 82.0 Å². The quantitative estimate of drug-likeness (QED) is 0.568. The minimum atomic E-state index is -0.848. The van der Waals surface area contributed by atoms with Gasteiger partial charge in [0.15, 0.2) is 5.78 Å². The molecule has 150 valence electrons. The van der Waals surface area contributed by atoms with Crippen LogP contribution in [0.5, 0.6) is 0 Å². The van der Waals surface area contributed by atoms with Gasteiger partial charge in [-0.25, -0.2) is 4.79 Å². The van der Waals surface area contributed by atoms with E-state index in [1.807, 2.05) is 26.0 Å². The van der Waals surface area contributed by atoms with Crippen LogP contribution in [0, 0.1) is 24.7 Å². The first kappa shape index (κ1) is 20.5. The smallest absolute Gasteiger partial charge is 0.336 e. The summed E-state index contributed by atoms with van der Waals surface area (Å²) in [5.41, 5.74) is 1.72. The van der Waals surface area contributed by atoms with Crippen LogP contribution in [0.1, 0.15) is 42.9 Å². The number of hydrogen-bond donors (Lipinski definition) is 0. The highest BCUT2D eigenvalue weighted by atomic mass is 32.1. The average Bonchev–Trinajstić information content (AvgIpc) is 3.06. The summed E-state index contributed by atoms with van der Waals surface area (Å²) in [5.74, 6) is -3.40. The van der Waals surface area contributed by atoms with E-state index in [9.17, 15) is 14.4 Å². The van der Waals surface area contributed by atoms with Gasteiger partial charge in [0.2, 0.25) is 0 Å². The number of aliphatic imine (C=N–C) groups is 1. The summed E-state index contributed by atoms with van der Waals surface area (Å²) in [6, 6.07) is 3.91. The summed E-state index contributed by atoms with van der Waals surface area (Å²) < 4.78 is 10.2. The van der Waals surface area contributed by atoms with E-state index in [2.05, 4.69) is 4.99 Å². The van der Waals surface area contributed by atoms with Crippen molar-refractivity contribution in [2.24, 2.45) is 22.7 Å². The van der Waals surface area contributed by atoms with Crippen LogP contribution < -0.4 is 0 Å². The molecule has 0 radical (unpaired) electrons. The maximum atomic E-state index is 13.4. The molecule has 0 unspecified atom stereocenters. The van der Waals surface area contributed by atoms with Gasteiger partial charge in [0.1, 0.15) is 5.92 Å². The van der Waals surface area contributed by atoms with Crippen molar-refractivity contribution in [1.82, 2.24) is 0 Å². The maximum absolute atomic E-state index is 13.4. The first-order valence-electron chi connectivity index (χ1n) is 9.43. The number of esters is 2. The van der Waals surface area contributed by atoms with Gasteiger partial charge in [-0.1, -0.05) is 6.92 Å². The van der Waals surface area contributed by atoms with Gasteiger partial charge in [-0.05, 0) is 45.2 Å². The second kappa shape index (κ2) is 7.99. The summed E-state index contributed by atoms with van der Waals surface area (Å²) in [5, 5.41) is 0. The third-order valence-corrected chi connectivity index (χ3v) is 6.52. The van der Waals surface area contributed by atoms with Gasteiger partial charge in [-0.3, -0.25) is 14.6 Å². The molecule has 1 fully saturated rings. The number of allylic oxidation sites excluding steroid dienone is 1. The van der Waals surface area contributed by atoms with Crippen LogP contribution in [-0.2, 0) is 23.9 Å². The fraction of sp³-hybridized carbons (Fsp3) is 0.524. The van der Waals surface area contributed by atoms with Crippen molar-refractivity contribution in [2.75, 3.05) is 13.7 Å². The molecule has 6 nitrogen and oxygen atoms in total. The molecule has 0 saturated heterocycles. The number of carbonyl (C=O) groups excluding carboxylic acids is 3. The molecule has 1 aromatic rings. The van der Waals surface area contributed by atoms with E-state index in [0.717, 1.165) is 15.5 Å². The largest absolute Gasteiger partial charge is 0.468 e. The van der Waals surface area contributed by atoms with Crippen molar-refractivity contribution >= 4 is 34.8 Å². The van der Waals surface area contributed by atoms with Crippen molar-refractivity contribution in [3.63, 3.8) is 0 Å². The van der Waals surface area contributed by atoms with E-state index in [-0.39, 0.29) is 18.3 Å². The fourth-order valence-electron chi connectivity index (χ4n) is 4.24. The summed E-state index contributed by atoms with van der Waals surface area (Å²) in [7, 11) is 1.29. The number of hydrogen-bond acceptors (Lipinski definition) is 7. The predicted molar refractivity (Wildman–Crippen MR) is 106 cm³/mol. The zero-order chi connectivity index (χ0) is 20.6. The monoisotopic (exact) mass is 403 g/mol. The Bertz CT molecular complexity index is 881. The van der Waals surface area contributed by atoms with Crippen LogP contribution in [0.15, 0.2) is 28.4 Å². The lowest BCUT2D eigenvalue weighted by Gasteiger charge is -2.39. The Hall–Kier alpha value is -2.28. The SMILES string of the molecule is CCOC(=O)C1=C(C)N=C2C[C@@H](C)[C@H](C(=O)OC)C(=O)[C@@H]2[C@H]1c1ccc(C)s1. The molecule has 0 spiro atoms. The number of fused-ring (bicyclic) bond motifs is 1. The molecular weight excluding hydrogens is 378 g/mol. The van der Waals surface area contributed by atoms with Gasteiger partial charge < -0.3 is 9.47 Å². The minimum Gasteiger partial charge on any atom is -0.468 e. The van der Waals surface area contributed by atoms with Crippen molar-refractivity contribution in [3.8, 4) is 0 Å². The van der Waals surface area contributed by atoms with Crippen molar-refractivity contribution in [3.05, 3.63) is 33.2 Å². The average molecular weight is 404 g/mol. The number of thiophene rings is 1. The van der Waals surface area contributed by atoms with Gasteiger partial charge >= 0.3 is 11.9 Å². The summed E-state index contributed by atoms with van der Waals surface area (Å²) >= 11 is 1.54. The zero-order valence-electron chi connectivity index (χ0n) is 16.8. The van der Waals surface area contributed by atoms with Gasteiger partial charge in [0.25, 0.3) is 0 Å². The van der Waals surface area contributed by atoms with Crippen molar-refractivity contribution < 1.29 is 23.9 Å². The van der Waals surface area contributed by atoms with E-state index in [1.165, 1.54) is 7.11 Å². The molecule has 3 rings (SSSR count). The highest BCUT2D eigenvalue weighted by Gasteiger charge is 2.51. The van der Waals surface area contributed by atoms with Crippen LogP contribution in [-0.4, -0.2) is 37.2 Å². The number of ketones is 1. The Morgan fingerprint density at radius 2 is 1.96 bits per heavy atom. The van der Waals surface area contributed by atoms with Gasteiger partial charge in [0, 0.05) is 27.1 Å². The molecule has 2 aliphatic rings. The molecule has 2 heterocycles. The van der Waals surface area contributed by atoms with Crippen LogP contribution >= 0.6 is 11.3 Å². The number of carbonyl (C=O) groups is 3. The Kier molecular flexibility index (Phi) is 5.84. The standard InChI is InChI=1S/C21H25NO5S/c1-6-27-21(25)16-12(4)22-13-9-10(2)15(20(24)26-5)19(23)17(13)18(16)14-8-7-11(3)28-14/h7-8,10,15,17-18H,6,9H2,1-5H3/t10-,15+,17+,18+/m1/s1. The molecular formula is C21H25NO5S. The molecule has 7 heteroatoms. The molecule has 4 atom stereocenters. The number of nitrogens with zero attached hydrogens (tertiary/aromatic N) is 1. The molecule has 28 heavy (non-hydrogen) atoms. The second-order valence-electron chi connectivity index (χ2n) is 7.31. The van der Waals surface area contributed by atoms with Crippen LogP contribution in [0.25, 0.3) is 0 Å². The summed E-state index contributed by atoms with van der Waals surface area (Å²) in [6.45, 7) is 7.61. The first-order chi connectivity index (χ1) is 13.3.